The number of hydrogen-bond donors (Lipinski definition) is 3. The Morgan fingerprint density at radius 1 is 0.857 bits per heavy atom. The summed E-state index contributed by atoms with van der Waals surface area (Å²) in [6.45, 7) is 1.61. The van der Waals surface area contributed by atoms with Crippen molar-refractivity contribution in [1.82, 2.24) is 0 Å². The molecule has 0 aromatic heterocycles. The lowest BCUT2D eigenvalue weighted by Crippen LogP contribution is -2.24. The SMILES string of the molecule is Cc1ccc(NCC(=O)Nc2ccccc2C(=O)Nc2ccccc2)cc1F. The molecule has 0 unspecified atom stereocenters. The first-order valence-corrected chi connectivity index (χ1v) is 8.78. The molecule has 6 heteroatoms. The van der Waals surface area contributed by atoms with Gasteiger partial charge in [-0.05, 0) is 48.9 Å². The summed E-state index contributed by atoms with van der Waals surface area (Å²) in [7, 11) is 0. The molecule has 0 fully saturated rings. The fourth-order valence-corrected chi connectivity index (χ4v) is 2.59. The van der Waals surface area contributed by atoms with Crippen LogP contribution in [-0.4, -0.2) is 18.4 Å². The maximum absolute atomic E-state index is 13.6. The van der Waals surface area contributed by atoms with Crippen molar-refractivity contribution in [2.75, 3.05) is 22.5 Å². The van der Waals surface area contributed by atoms with Gasteiger partial charge in [0.15, 0.2) is 0 Å². The Morgan fingerprint density at radius 3 is 2.32 bits per heavy atom. The molecule has 0 aliphatic carbocycles. The molecule has 0 saturated heterocycles. The monoisotopic (exact) mass is 377 g/mol. The number of nitrogens with one attached hydrogen (secondary N) is 3. The Labute approximate surface area is 162 Å². The van der Waals surface area contributed by atoms with E-state index < -0.39 is 0 Å². The van der Waals surface area contributed by atoms with E-state index >= 15 is 0 Å². The number of aryl methyl sites for hydroxylation is 1. The van der Waals surface area contributed by atoms with Crippen molar-refractivity contribution in [3.05, 3.63) is 89.7 Å². The van der Waals surface area contributed by atoms with E-state index in [1.165, 1.54) is 6.07 Å². The van der Waals surface area contributed by atoms with E-state index in [-0.39, 0.29) is 24.2 Å². The van der Waals surface area contributed by atoms with E-state index in [4.69, 9.17) is 0 Å². The van der Waals surface area contributed by atoms with Gasteiger partial charge in [-0.25, -0.2) is 4.39 Å². The molecule has 3 N–H and O–H groups in total. The number of amides is 2. The second-order valence-electron chi connectivity index (χ2n) is 6.23. The third kappa shape index (κ3) is 4.94. The Bertz CT molecular complexity index is 990. The predicted octanol–water partition coefficient (Wildman–Crippen LogP) is 4.44. The molecule has 0 bridgehead atoms. The van der Waals surface area contributed by atoms with Crippen molar-refractivity contribution < 1.29 is 14.0 Å². The largest absolute Gasteiger partial charge is 0.376 e. The van der Waals surface area contributed by atoms with Crippen LogP contribution in [-0.2, 0) is 4.79 Å². The van der Waals surface area contributed by atoms with Gasteiger partial charge in [0.2, 0.25) is 5.91 Å². The van der Waals surface area contributed by atoms with Crippen molar-refractivity contribution in [3.63, 3.8) is 0 Å². The Morgan fingerprint density at radius 2 is 1.57 bits per heavy atom. The fourth-order valence-electron chi connectivity index (χ4n) is 2.59. The van der Waals surface area contributed by atoms with Crippen LogP contribution in [0.25, 0.3) is 0 Å². The number of carbonyl (C=O) groups excluding carboxylic acids is 2. The summed E-state index contributed by atoms with van der Waals surface area (Å²) in [5, 5.41) is 8.38. The molecule has 3 rings (SSSR count). The highest BCUT2D eigenvalue weighted by Gasteiger charge is 2.13. The average Bonchev–Trinajstić information content (AvgIpc) is 2.70. The minimum atomic E-state index is -0.346. The van der Waals surface area contributed by atoms with Gasteiger partial charge in [-0.15, -0.1) is 0 Å². The number of rotatable bonds is 6. The van der Waals surface area contributed by atoms with Crippen LogP contribution in [0.3, 0.4) is 0 Å². The molecule has 0 aliphatic rings. The normalized spacial score (nSPS) is 10.2. The van der Waals surface area contributed by atoms with E-state index in [1.807, 2.05) is 18.2 Å². The zero-order chi connectivity index (χ0) is 19.9. The first-order valence-electron chi connectivity index (χ1n) is 8.78. The summed E-state index contributed by atoms with van der Waals surface area (Å²) >= 11 is 0. The molecule has 142 valence electrons. The van der Waals surface area contributed by atoms with Crippen LogP contribution < -0.4 is 16.0 Å². The molecule has 0 radical (unpaired) electrons. The molecule has 28 heavy (non-hydrogen) atoms. The van der Waals surface area contributed by atoms with Gasteiger partial charge in [-0.3, -0.25) is 9.59 Å². The average molecular weight is 377 g/mol. The lowest BCUT2D eigenvalue weighted by molar-refractivity contribution is -0.114. The lowest BCUT2D eigenvalue weighted by Gasteiger charge is -2.12. The Kier molecular flexibility index (Phi) is 6.01. The van der Waals surface area contributed by atoms with E-state index in [0.717, 1.165) is 0 Å². The molecule has 0 atom stereocenters. The Hall–Kier alpha value is -3.67. The second kappa shape index (κ2) is 8.81. The molecule has 5 nitrogen and oxygen atoms in total. The first-order chi connectivity index (χ1) is 13.5. The van der Waals surface area contributed by atoms with Gasteiger partial charge in [-0.2, -0.15) is 0 Å². The van der Waals surface area contributed by atoms with Crippen LogP contribution >= 0.6 is 0 Å². The maximum Gasteiger partial charge on any atom is 0.257 e. The molecule has 2 amide bonds. The highest BCUT2D eigenvalue weighted by molar-refractivity contribution is 6.10. The molecular formula is C22H20FN3O2. The third-order valence-corrected chi connectivity index (χ3v) is 4.10. The smallest absolute Gasteiger partial charge is 0.257 e. The third-order valence-electron chi connectivity index (χ3n) is 4.10. The van der Waals surface area contributed by atoms with Crippen LogP contribution in [0.4, 0.5) is 21.5 Å². The van der Waals surface area contributed by atoms with Gasteiger partial charge in [0.1, 0.15) is 5.82 Å². The number of carbonyl (C=O) groups is 2. The molecule has 0 aliphatic heterocycles. The predicted molar refractivity (Wildman–Crippen MR) is 109 cm³/mol. The summed E-state index contributed by atoms with van der Waals surface area (Å²) < 4.78 is 13.6. The summed E-state index contributed by atoms with van der Waals surface area (Å²) in [4.78, 5) is 24.8. The zero-order valence-electron chi connectivity index (χ0n) is 15.3. The van der Waals surface area contributed by atoms with Crippen LogP contribution in [0.15, 0.2) is 72.8 Å². The van der Waals surface area contributed by atoms with E-state index in [2.05, 4.69) is 16.0 Å². The number of benzene rings is 3. The minimum Gasteiger partial charge on any atom is -0.376 e. The standard InChI is InChI=1S/C22H20FN3O2/c1-15-11-12-17(13-19(15)23)24-14-21(27)26-20-10-6-5-9-18(20)22(28)25-16-7-3-2-4-8-16/h2-13,24H,14H2,1H3,(H,25,28)(H,26,27). The molecule has 0 spiro atoms. The first kappa shape index (κ1) is 19.1. The van der Waals surface area contributed by atoms with Gasteiger partial charge < -0.3 is 16.0 Å². The molecule has 0 heterocycles. The van der Waals surface area contributed by atoms with Gasteiger partial charge in [0.05, 0.1) is 17.8 Å². The lowest BCUT2D eigenvalue weighted by atomic mass is 10.1. The van der Waals surface area contributed by atoms with Crippen LogP contribution in [0.1, 0.15) is 15.9 Å². The van der Waals surface area contributed by atoms with E-state index in [1.54, 1.807) is 55.5 Å². The number of anilines is 3. The van der Waals surface area contributed by atoms with Gasteiger partial charge in [0, 0.05) is 11.4 Å². The van der Waals surface area contributed by atoms with E-state index in [0.29, 0.717) is 28.2 Å². The van der Waals surface area contributed by atoms with Crippen molar-refractivity contribution in [2.24, 2.45) is 0 Å². The quantitative estimate of drug-likeness (QED) is 0.595. The van der Waals surface area contributed by atoms with E-state index in [9.17, 15) is 14.0 Å². The van der Waals surface area contributed by atoms with Gasteiger partial charge in [0.25, 0.3) is 5.91 Å². The molecule has 3 aromatic carbocycles. The number of hydrogen-bond acceptors (Lipinski definition) is 3. The number of halogens is 1. The molecule has 3 aromatic rings. The maximum atomic E-state index is 13.6. The fraction of sp³-hybridized carbons (Fsp3) is 0.0909. The van der Waals surface area contributed by atoms with Crippen molar-refractivity contribution >= 4 is 28.9 Å². The summed E-state index contributed by atoms with van der Waals surface area (Å²) in [6.07, 6.45) is 0. The topological polar surface area (TPSA) is 70.2 Å². The van der Waals surface area contributed by atoms with Crippen molar-refractivity contribution in [3.8, 4) is 0 Å². The minimum absolute atomic E-state index is 0.0584. The summed E-state index contributed by atoms with van der Waals surface area (Å²) in [5.74, 6) is -1.01. The molecule has 0 saturated carbocycles. The molecular weight excluding hydrogens is 357 g/mol. The van der Waals surface area contributed by atoms with Gasteiger partial charge in [-0.1, -0.05) is 36.4 Å². The van der Waals surface area contributed by atoms with Gasteiger partial charge >= 0.3 is 0 Å². The second-order valence-corrected chi connectivity index (χ2v) is 6.23. The van der Waals surface area contributed by atoms with Crippen LogP contribution in [0.2, 0.25) is 0 Å². The highest BCUT2D eigenvalue weighted by atomic mass is 19.1. The Balaban J connectivity index is 1.64. The van der Waals surface area contributed by atoms with Crippen LogP contribution in [0.5, 0.6) is 0 Å². The van der Waals surface area contributed by atoms with Crippen molar-refractivity contribution in [2.45, 2.75) is 6.92 Å². The number of para-hydroxylation sites is 2. The summed E-state index contributed by atoms with van der Waals surface area (Å²) in [5.41, 5.74) is 2.46. The highest BCUT2D eigenvalue weighted by Crippen LogP contribution is 2.18. The zero-order valence-corrected chi connectivity index (χ0v) is 15.3. The van der Waals surface area contributed by atoms with Crippen LogP contribution in [0, 0.1) is 12.7 Å². The summed E-state index contributed by atoms with van der Waals surface area (Å²) in [6, 6.07) is 20.5. The van der Waals surface area contributed by atoms with Crippen molar-refractivity contribution in [1.29, 1.82) is 0 Å².